The van der Waals surface area contributed by atoms with Gasteiger partial charge in [-0.25, -0.2) is 0 Å². The number of aliphatic hydroxyl groups is 1. The smallest absolute Gasteiger partial charge is 0.115 e. The van der Waals surface area contributed by atoms with Crippen molar-refractivity contribution >= 4 is 0 Å². The van der Waals surface area contributed by atoms with Crippen LogP contribution in [0.2, 0.25) is 0 Å². The maximum absolute atomic E-state index is 9.47. The minimum atomic E-state index is -0.376. The molecule has 0 aromatic heterocycles. The highest BCUT2D eigenvalue weighted by Gasteiger charge is 2.51. The van der Waals surface area contributed by atoms with E-state index in [2.05, 4.69) is 10.0 Å². The molecular weight excluding hydrogens is 286 g/mol. The summed E-state index contributed by atoms with van der Waals surface area (Å²) in [5, 5.41) is 13.0. The molecule has 1 unspecified atom stereocenters. The normalized spacial score (nSPS) is 33.4. The molecule has 2 heterocycles. The molecule has 7 heteroatoms. The fraction of sp³-hybridized carbons (Fsp3) is 0.600. The topological polar surface area (TPSA) is 96.7 Å². The predicted octanol–water partition coefficient (Wildman–Crippen LogP) is 1.80. The molecule has 5 atom stereocenters. The van der Waals surface area contributed by atoms with Crippen LogP contribution in [0.1, 0.15) is 12.0 Å². The zero-order chi connectivity index (χ0) is 15.4. The summed E-state index contributed by atoms with van der Waals surface area (Å²) < 4.78 is 17.7. The molecule has 0 amide bonds. The zero-order valence-corrected chi connectivity index (χ0v) is 12.1. The average Bonchev–Trinajstić information content (AvgIpc) is 3.09. The first-order chi connectivity index (χ1) is 10.8. The quantitative estimate of drug-likeness (QED) is 0.492. The van der Waals surface area contributed by atoms with E-state index < -0.39 is 0 Å². The van der Waals surface area contributed by atoms with Crippen LogP contribution in [0.5, 0.6) is 0 Å². The average molecular weight is 305 g/mol. The van der Waals surface area contributed by atoms with Gasteiger partial charge in [0.25, 0.3) is 0 Å². The second-order valence-corrected chi connectivity index (χ2v) is 5.53. The Labute approximate surface area is 128 Å². The molecule has 2 aliphatic heterocycles. The predicted molar refractivity (Wildman–Crippen MR) is 78.1 cm³/mol. The van der Waals surface area contributed by atoms with Crippen molar-refractivity contribution in [3.05, 3.63) is 46.3 Å². The standard InChI is InChI=1S/C15H19N3O4/c16-18-17-7-11-6-12-15(21-11)14(13(8-19)22-12)20-9-10-4-2-1-3-5-10/h1-5,11-15,19H,6-9H2/t11?,12-,13+,14+,15+/m0/s1. The molecule has 1 aromatic rings. The number of rotatable bonds is 6. The molecule has 118 valence electrons. The molecule has 2 aliphatic rings. The highest BCUT2D eigenvalue weighted by Crippen LogP contribution is 2.36. The van der Waals surface area contributed by atoms with E-state index in [1.807, 2.05) is 30.3 Å². The van der Waals surface area contributed by atoms with Gasteiger partial charge in [-0.05, 0) is 11.1 Å². The molecule has 1 aromatic carbocycles. The molecule has 2 saturated heterocycles. The lowest BCUT2D eigenvalue weighted by atomic mass is 10.1. The summed E-state index contributed by atoms with van der Waals surface area (Å²) in [5.41, 5.74) is 9.45. The molecule has 0 spiro atoms. The van der Waals surface area contributed by atoms with E-state index in [9.17, 15) is 5.11 Å². The summed E-state index contributed by atoms with van der Waals surface area (Å²) in [6.07, 6.45) is -0.513. The van der Waals surface area contributed by atoms with Crippen molar-refractivity contribution in [2.45, 2.75) is 43.5 Å². The van der Waals surface area contributed by atoms with Crippen LogP contribution in [0.15, 0.2) is 35.4 Å². The summed E-state index contributed by atoms with van der Waals surface area (Å²) in [5.74, 6) is 0. The molecule has 0 bridgehead atoms. The van der Waals surface area contributed by atoms with E-state index in [0.717, 1.165) is 5.56 Å². The number of fused-ring (bicyclic) bond motifs is 1. The van der Waals surface area contributed by atoms with Crippen LogP contribution in [0.3, 0.4) is 0 Å². The summed E-state index contributed by atoms with van der Waals surface area (Å²) in [7, 11) is 0. The Balaban J connectivity index is 1.62. The van der Waals surface area contributed by atoms with Crippen LogP contribution in [0.25, 0.3) is 10.4 Å². The van der Waals surface area contributed by atoms with Crippen molar-refractivity contribution in [2.75, 3.05) is 13.2 Å². The van der Waals surface area contributed by atoms with Gasteiger partial charge >= 0.3 is 0 Å². The Morgan fingerprint density at radius 3 is 2.86 bits per heavy atom. The van der Waals surface area contributed by atoms with Crippen LogP contribution in [0.4, 0.5) is 0 Å². The van der Waals surface area contributed by atoms with Gasteiger partial charge in [0.2, 0.25) is 0 Å². The number of azide groups is 1. The number of ether oxygens (including phenoxy) is 3. The van der Waals surface area contributed by atoms with Gasteiger partial charge in [0.1, 0.15) is 18.3 Å². The third-order valence-electron chi connectivity index (χ3n) is 4.06. The van der Waals surface area contributed by atoms with Crippen molar-refractivity contribution in [2.24, 2.45) is 5.11 Å². The lowest BCUT2D eigenvalue weighted by Gasteiger charge is -2.22. The van der Waals surface area contributed by atoms with E-state index in [0.29, 0.717) is 19.6 Å². The maximum atomic E-state index is 9.47. The van der Waals surface area contributed by atoms with Crippen molar-refractivity contribution in [3.8, 4) is 0 Å². The SMILES string of the molecule is [N-]=[N+]=NCC1C[C@@H]2O[C@H](CO)[C@@H](OCc3ccccc3)[C@@H]2O1. The van der Waals surface area contributed by atoms with E-state index in [1.54, 1.807) is 0 Å². The highest BCUT2D eigenvalue weighted by atomic mass is 16.6. The molecule has 0 aliphatic carbocycles. The molecule has 22 heavy (non-hydrogen) atoms. The Kier molecular flexibility index (Phi) is 4.92. The monoisotopic (exact) mass is 305 g/mol. The van der Waals surface area contributed by atoms with E-state index in [-0.39, 0.29) is 37.1 Å². The molecule has 2 fully saturated rings. The molecule has 1 N–H and O–H groups in total. The van der Waals surface area contributed by atoms with Crippen molar-refractivity contribution in [1.82, 2.24) is 0 Å². The van der Waals surface area contributed by atoms with Gasteiger partial charge in [0, 0.05) is 11.3 Å². The van der Waals surface area contributed by atoms with Crippen LogP contribution in [-0.4, -0.2) is 48.8 Å². The Hall–Kier alpha value is -1.63. The van der Waals surface area contributed by atoms with Crippen LogP contribution in [-0.2, 0) is 20.8 Å². The number of hydrogen-bond donors (Lipinski definition) is 1. The lowest BCUT2D eigenvalue weighted by molar-refractivity contribution is -0.0903. The van der Waals surface area contributed by atoms with Gasteiger partial charge in [-0.1, -0.05) is 35.4 Å². The van der Waals surface area contributed by atoms with Gasteiger partial charge in [-0.2, -0.15) is 0 Å². The number of hydrogen-bond acceptors (Lipinski definition) is 5. The molecule has 0 radical (unpaired) electrons. The maximum Gasteiger partial charge on any atom is 0.115 e. The Morgan fingerprint density at radius 1 is 1.32 bits per heavy atom. The summed E-state index contributed by atoms with van der Waals surface area (Å²) in [6.45, 7) is 0.637. The fourth-order valence-electron chi connectivity index (χ4n) is 3.06. The second-order valence-electron chi connectivity index (χ2n) is 5.53. The lowest BCUT2D eigenvalue weighted by Crippen LogP contribution is -2.37. The summed E-state index contributed by atoms with van der Waals surface area (Å²) in [4.78, 5) is 2.75. The molecule has 7 nitrogen and oxygen atoms in total. The first-order valence-electron chi connectivity index (χ1n) is 7.40. The fourth-order valence-corrected chi connectivity index (χ4v) is 3.06. The van der Waals surface area contributed by atoms with Crippen LogP contribution < -0.4 is 0 Å². The van der Waals surface area contributed by atoms with Gasteiger partial charge in [0.15, 0.2) is 0 Å². The Morgan fingerprint density at radius 2 is 2.14 bits per heavy atom. The first-order valence-corrected chi connectivity index (χ1v) is 7.40. The highest BCUT2D eigenvalue weighted by molar-refractivity contribution is 5.13. The van der Waals surface area contributed by atoms with Crippen molar-refractivity contribution in [1.29, 1.82) is 0 Å². The number of benzene rings is 1. The molecule has 0 saturated carbocycles. The van der Waals surface area contributed by atoms with E-state index >= 15 is 0 Å². The van der Waals surface area contributed by atoms with E-state index in [4.69, 9.17) is 19.7 Å². The third-order valence-corrected chi connectivity index (χ3v) is 4.06. The number of nitrogens with zero attached hydrogens (tertiary/aromatic N) is 3. The Bertz CT molecular complexity index is 535. The summed E-state index contributed by atoms with van der Waals surface area (Å²) >= 11 is 0. The molecular formula is C15H19N3O4. The molecule has 3 rings (SSSR count). The summed E-state index contributed by atoms with van der Waals surface area (Å²) in [6, 6.07) is 9.84. The van der Waals surface area contributed by atoms with E-state index in [1.165, 1.54) is 0 Å². The minimum Gasteiger partial charge on any atom is -0.394 e. The zero-order valence-electron chi connectivity index (χ0n) is 12.1. The first kappa shape index (κ1) is 15.3. The van der Waals surface area contributed by atoms with Gasteiger partial charge in [-0.15, -0.1) is 0 Å². The minimum absolute atomic E-state index is 0.100. The van der Waals surface area contributed by atoms with Crippen LogP contribution >= 0.6 is 0 Å². The van der Waals surface area contributed by atoms with Crippen molar-refractivity contribution < 1.29 is 19.3 Å². The number of aliphatic hydroxyl groups excluding tert-OH is 1. The largest absolute Gasteiger partial charge is 0.394 e. The van der Waals surface area contributed by atoms with Gasteiger partial charge < -0.3 is 19.3 Å². The van der Waals surface area contributed by atoms with Gasteiger partial charge in [-0.3, -0.25) is 0 Å². The van der Waals surface area contributed by atoms with Crippen LogP contribution in [0, 0.1) is 0 Å². The van der Waals surface area contributed by atoms with Crippen molar-refractivity contribution in [3.63, 3.8) is 0 Å². The van der Waals surface area contributed by atoms with Gasteiger partial charge in [0.05, 0.1) is 32.0 Å². The third kappa shape index (κ3) is 3.24. The second kappa shape index (κ2) is 7.09.